The highest BCUT2D eigenvalue weighted by molar-refractivity contribution is 5.69. The fraction of sp³-hybridized carbons (Fsp3) is 0.889. The number of amides is 1. The molecule has 0 aromatic carbocycles. The van der Waals surface area contributed by atoms with Crippen molar-refractivity contribution in [3.63, 3.8) is 0 Å². The SMILES string of the molecule is COC(=O)CCCCCN1CCC(CNC(=O)OC(C)(C)C)CC1. The summed E-state index contributed by atoms with van der Waals surface area (Å²) in [6.45, 7) is 9.56. The monoisotopic (exact) mass is 342 g/mol. The Morgan fingerprint density at radius 1 is 1.12 bits per heavy atom. The van der Waals surface area contributed by atoms with Crippen molar-refractivity contribution in [1.82, 2.24) is 10.2 Å². The smallest absolute Gasteiger partial charge is 0.407 e. The van der Waals surface area contributed by atoms with Gasteiger partial charge in [0.2, 0.25) is 0 Å². The van der Waals surface area contributed by atoms with E-state index in [1.807, 2.05) is 20.8 Å². The van der Waals surface area contributed by atoms with Gasteiger partial charge in [0.25, 0.3) is 0 Å². The predicted octanol–water partition coefficient (Wildman–Crippen LogP) is 2.96. The quantitative estimate of drug-likeness (QED) is 0.542. The van der Waals surface area contributed by atoms with Gasteiger partial charge in [0, 0.05) is 13.0 Å². The van der Waals surface area contributed by atoms with Crippen LogP contribution in [0.15, 0.2) is 0 Å². The summed E-state index contributed by atoms with van der Waals surface area (Å²) in [7, 11) is 1.43. The van der Waals surface area contributed by atoms with Crippen molar-refractivity contribution in [1.29, 1.82) is 0 Å². The lowest BCUT2D eigenvalue weighted by Gasteiger charge is -2.32. The van der Waals surface area contributed by atoms with Gasteiger partial charge in [0.15, 0.2) is 0 Å². The molecule has 0 spiro atoms. The number of piperidine rings is 1. The van der Waals surface area contributed by atoms with Crippen LogP contribution in [0, 0.1) is 5.92 Å². The van der Waals surface area contributed by atoms with Gasteiger partial charge in [-0.05, 0) is 72.0 Å². The van der Waals surface area contributed by atoms with Gasteiger partial charge in [0.05, 0.1) is 7.11 Å². The molecule has 0 atom stereocenters. The van der Waals surface area contributed by atoms with Crippen LogP contribution in [0.25, 0.3) is 0 Å². The molecule has 1 fully saturated rings. The summed E-state index contributed by atoms with van der Waals surface area (Å²) in [4.78, 5) is 25.2. The van der Waals surface area contributed by atoms with E-state index in [0.29, 0.717) is 18.9 Å². The number of carbonyl (C=O) groups is 2. The van der Waals surface area contributed by atoms with Gasteiger partial charge >= 0.3 is 12.1 Å². The summed E-state index contributed by atoms with van der Waals surface area (Å²) < 4.78 is 9.89. The van der Waals surface area contributed by atoms with Crippen molar-refractivity contribution in [3.05, 3.63) is 0 Å². The van der Waals surface area contributed by atoms with Gasteiger partial charge in [-0.25, -0.2) is 4.79 Å². The average molecular weight is 342 g/mol. The number of nitrogens with one attached hydrogen (secondary N) is 1. The molecule has 6 nitrogen and oxygen atoms in total. The largest absolute Gasteiger partial charge is 0.469 e. The van der Waals surface area contributed by atoms with Crippen LogP contribution in [0.4, 0.5) is 4.79 Å². The molecule has 0 saturated carbocycles. The first-order valence-electron chi connectivity index (χ1n) is 9.06. The number of hydrogen-bond acceptors (Lipinski definition) is 5. The number of carbonyl (C=O) groups excluding carboxylic acids is 2. The number of methoxy groups -OCH3 is 1. The van der Waals surface area contributed by atoms with E-state index in [-0.39, 0.29) is 12.1 Å². The van der Waals surface area contributed by atoms with Crippen LogP contribution in [0.2, 0.25) is 0 Å². The average Bonchev–Trinajstić information content (AvgIpc) is 2.52. The molecule has 1 saturated heterocycles. The fourth-order valence-electron chi connectivity index (χ4n) is 2.84. The summed E-state index contributed by atoms with van der Waals surface area (Å²) >= 11 is 0. The fourth-order valence-corrected chi connectivity index (χ4v) is 2.84. The molecule has 0 aromatic rings. The van der Waals surface area contributed by atoms with E-state index < -0.39 is 5.60 Å². The second kappa shape index (κ2) is 10.5. The van der Waals surface area contributed by atoms with Gasteiger partial charge in [-0.2, -0.15) is 0 Å². The van der Waals surface area contributed by atoms with Gasteiger partial charge < -0.3 is 19.7 Å². The lowest BCUT2D eigenvalue weighted by molar-refractivity contribution is -0.140. The number of alkyl carbamates (subject to hydrolysis) is 1. The molecular formula is C18H34N2O4. The molecule has 1 heterocycles. The number of hydrogen-bond donors (Lipinski definition) is 1. The zero-order valence-electron chi connectivity index (χ0n) is 15.7. The molecule has 0 aliphatic carbocycles. The Morgan fingerprint density at radius 3 is 2.38 bits per heavy atom. The summed E-state index contributed by atoms with van der Waals surface area (Å²) in [6.07, 6.45) is 5.51. The van der Waals surface area contributed by atoms with Gasteiger partial charge in [-0.15, -0.1) is 0 Å². The Balaban J connectivity index is 2.05. The zero-order valence-corrected chi connectivity index (χ0v) is 15.7. The van der Waals surface area contributed by atoms with E-state index >= 15 is 0 Å². The highest BCUT2D eigenvalue weighted by atomic mass is 16.6. The normalized spacial score (nSPS) is 16.7. The number of unbranched alkanes of at least 4 members (excludes halogenated alkanes) is 2. The maximum atomic E-state index is 11.7. The van der Waals surface area contributed by atoms with E-state index in [0.717, 1.165) is 51.7 Å². The molecule has 0 aromatic heterocycles. The third kappa shape index (κ3) is 9.75. The number of ether oxygens (including phenoxy) is 2. The highest BCUT2D eigenvalue weighted by Crippen LogP contribution is 2.17. The lowest BCUT2D eigenvalue weighted by Crippen LogP contribution is -2.40. The van der Waals surface area contributed by atoms with E-state index in [1.54, 1.807) is 0 Å². The van der Waals surface area contributed by atoms with Crippen LogP contribution in [-0.4, -0.2) is 55.9 Å². The molecule has 0 radical (unpaired) electrons. The van der Waals surface area contributed by atoms with Crippen molar-refractivity contribution in [2.75, 3.05) is 33.3 Å². The van der Waals surface area contributed by atoms with Crippen molar-refractivity contribution in [3.8, 4) is 0 Å². The predicted molar refractivity (Wildman–Crippen MR) is 93.9 cm³/mol. The van der Waals surface area contributed by atoms with Crippen molar-refractivity contribution in [2.45, 2.75) is 64.9 Å². The topological polar surface area (TPSA) is 67.9 Å². The molecule has 0 unspecified atom stereocenters. The third-order valence-corrected chi connectivity index (χ3v) is 4.22. The van der Waals surface area contributed by atoms with Crippen LogP contribution >= 0.6 is 0 Å². The summed E-state index contributed by atoms with van der Waals surface area (Å²) in [5.74, 6) is 0.418. The first-order valence-corrected chi connectivity index (χ1v) is 9.06. The molecule has 1 amide bonds. The summed E-state index contributed by atoms with van der Waals surface area (Å²) in [5, 5.41) is 2.88. The second-order valence-corrected chi connectivity index (χ2v) is 7.55. The minimum absolute atomic E-state index is 0.117. The molecule has 1 aliphatic rings. The first-order chi connectivity index (χ1) is 11.3. The molecule has 1 aliphatic heterocycles. The number of nitrogens with zero attached hydrogens (tertiary/aromatic N) is 1. The number of esters is 1. The molecular weight excluding hydrogens is 308 g/mol. The molecule has 6 heteroatoms. The van der Waals surface area contributed by atoms with Gasteiger partial charge in [-0.1, -0.05) is 6.42 Å². The van der Waals surface area contributed by atoms with E-state index in [2.05, 4.69) is 15.0 Å². The van der Waals surface area contributed by atoms with Gasteiger partial charge in [0.1, 0.15) is 5.60 Å². The maximum Gasteiger partial charge on any atom is 0.407 e. The van der Waals surface area contributed by atoms with Crippen molar-refractivity contribution >= 4 is 12.1 Å². The Bertz CT molecular complexity index is 385. The van der Waals surface area contributed by atoms with Gasteiger partial charge in [-0.3, -0.25) is 4.79 Å². The third-order valence-electron chi connectivity index (χ3n) is 4.22. The summed E-state index contributed by atoms with van der Waals surface area (Å²) in [6, 6.07) is 0. The van der Waals surface area contributed by atoms with E-state index in [1.165, 1.54) is 7.11 Å². The second-order valence-electron chi connectivity index (χ2n) is 7.55. The molecule has 140 valence electrons. The van der Waals surface area contributed by atoms with Crippen molar-refractivity contribution < 1.29 is 19.1 Å². The van der Waals surface area contributed by atoms with E-state index in [4.69, 9.17) is 4.74 Å². The van der Waals surface area contributed by atoms with Crippen LogP contribution in [0.5, 0.6) is 0 Å². The molecule has 24 heavy (non-hydrogen) atoms. The minimum atomic E-state index is -0.443. The maximum absolute atomic E-state index is 11.7. The van der Waals surface area contributed by atoms with Crippen LogP contribution < -0.4 is 5.32 Å². The Kier molecular flexibility index (Phi) is 9.11. The highest BCUT2D eigenvalue weighted by Gasteiger charge is 2.21. The Morgan fingerprint density at radius 2 is 1.79 bits per heavy atom. The zero-order chi connectivity index (χ0) is 18.0. The first kappa shape index (κ1) is 20.7. The Hall–Kier alpha value is -1.30. The molecule has 1 N–H and O–H groups in total. The lowest BCUT2D eigenvalue weighted by atomic mass is 9.96. The van der Waals surface area contributed by atoms with Crippen molar-refractivity contribution in [2.24, 2.45) is 5.92 Å². The van der Waals surface area contributed by atoms with E-state index in [9.17, 15) is 9.59 Å². The minimum Gasteiger partial charge on any atom is -0.469 e. The van der Waals surface area contributed by atoms with Crippen LogP contribution in [-0.2, 0) is 14.3 Å². The number of rotatable bonds is 8. The molecule has 1 rings (SSSR count). The Labute approximate surface area is 146 Å². The molecule has 0 bridgehead atoms. The van der Waals surface area contributed by atoms with Crippen LogP contribution in [0.1, 0.15) is 59.3 Å². The summed E-state index contributed by atoms with van der Waals surface area (Å²) in [5.41, 5.74) is -0.443. The number of likely N-dealkylation sites (tertiary alicyclic amines) is 1. The standard InChI is InChI=1S/C18H34N2O4/c1-18(2,3)24-17(22)19-14-15-9-12-20(13-10-15)11-7-5-6-8-16(21)23-4/h15H,5-14H2,1-4H3,(H,19,22). The van der Waals surface area contributed by atoms with Crippen LogP contribution in [0.3, 0.4) is 0 Å².